The Balaban J connectivity index is 2.67. The van der Waals surface area contributed by atoms with Crippen molar-refractivity contribution in [3.8, 4) is 0 Å². The molecule has 1 saturated heterocycles. The lowest BCUT2D eigenvalue weighted by atomic mass is 9.94. The number of sulfonamides is 1. The van der Waals surface area contributed by atoms with Gasteiger partial charge in [-0.25, -0.2) is 12.7 Å². The molecule has 3 N–H and O–H groups in total. The average molecular weight is 449 g/mol. The van der Waals surface area contributed by atoms with Gasteiger partial charge in [0.15, 0.2) is 0 Å². The van der Waals surface area contributed by atoms with Gasteiger partial charge in [0.1, 0.15) is 6.04 Å². The van der Waals surface area contributed by atoms with Gasteiger partial charge in [0.05, 0.1) is 23.9 Å². The number of carbonyl (C=O) groups is 2. The maximum absolute atomic E-state index is 12.9. The first-order chi connectivity index (χ1) is 13.5. The number of amides is 2. The van der Waals surface area contributed by atoms with E-state index in [0.717, 1.165) is 17.1 Å². The highest BCUT2D eigenvalue weighted by atomic mass is 32.2. The van der Waals surface area contributed by atoms with Crippen LogP contribution < -0.4 is 10.6 Å². The Bertz CT molecular complexity index is 727. The predicted octanol–water partition coefficient (Wildman–Crippen LogP) is 0.00300. The quantitative estimate of drug-likeness (QED) is 0.457. The summed E-state index contributed by atoms with van der Waals surface area (Å²) in [5.74, 6) is 0.289. The Kier molecular flexibility index (Phi) is 8.87. The molecule has 0 saturated carbocycles. The maximum atomic E-state index is 12.9. The summed E-state index contributed by atoms with van der Waals surface area (Å²) in [5, 5.41) is 15.6. The first kappa shape index (κ1) is 26.8. The summed E-state index contributed by atoms with van der Waals surface area (Å²) in [7, 11) is -2.07. The zero-order valence-corrected chi connectivity index (χ0v) is 20.6. The smallest absolute Gasteiger partial charge is 0.242 e. The van der Waals surface area contributed by atoms with Gasteiger partial charge >= 0.3 is 0 Å². The van der Waals surface area contributed by atoms with Gasteiger partial charge in [-0.05, 0) is 46.5 Å². The molecule has 176 valence electrons. The standard InChI is InChI=1S/C20H40N4O5S/c1-12-10-24(16(5)13(12)2)20(6,7)19(27)22-15(4)18(26)21-14(3)17(25)11-23(8)30(9,28)29/h12-17,25H,10-11H2,1-9H3,(H,21,26)(H,22,27)/t12?,13?,14-,15?,16?,17+/m0/s1. The van der Waals surface area contributed by atoms with E-state index in [1.807, 2.05) is 13.8 Å². The number of likely N-dealkylation sites (tertiary alicyclic amines) is 1. The number of nitrogens with zero attached hydrogens (tertiary/aromatic N) is 2. The van der Waals surface area contributed by atoms with Crippen molar-refractivity contribution in [2.24, 2.45) is 11.8 Å². The molecule has 30 heavy (non-hydrogen) atoms. The topological polar surface area (TPSA) is 119 Å². The van der Waals surface area contributed by atoms with Crippen molar-refractivity contribution in [3.63, 3.8) is 0 Å². The van der Waals surface area contributed by atoms with Crippen LogP contribution >= 0.6 is 0 Å². The van der Waals surface area contributed by atoms with Crippen molar-refractivity contribution in [3.05, 3.63) is 0 Å². The minimum atomic E-state index is -3.43. The highest BCUT2D eigenvalue weighted by molar-refractivity contribution is 7.88. The third-order valence-corrected chi connectivity index (χ3v) is 7.89. The fraction of sp³-hybridized carbons (Fsp3) is 0.900. The molecule has 9 nitrogen and oxygen atoms in total. The van der Waals surface area contributed by atoms with Crippen molar-refractivity contribution < 1.29 is 23.1 Å². The molecule has 0 aromatic carbocycles. The first-order valence-corrected chi connectivity index (χ1v) is 12.3. The van der Waals surface area contributed by atoms with Gasteiger partial charge < -0.3 is 15.7 Å². The van der Waals surface area contributed by atoms with Crippen LogP contribution in [0.4, 0.5) is 0 Å². The van der Waals surface area contributed by atoms with Crippen LogP contribution in [0.2, 0.25) is 0 Å². The van der Waals surface area contributed by atoms with Crippen LogP contribution in [-0.2, 0) is 19.6 Å². The highest BCUT2D eigenvalue weighted by Crippen LogP contribution is 2.34. The van der Waals surface area contributed by atoms with Gasteiger partial charge in [-0.2, -0.15) is 0 Å². The molecular weight excluding hydrogens is 408 g/mol. The normalized spacial score (nSPS) is 26.3. The van der Waals surface area contributed by atoms with Crippen LogP contribution in [0.25, 0.3) is 0 Å². The second-order valence-electron chi connectivity index (χ2n) is 9.39. The van der Waals surface area contributed by atoms with Gasteiger partial charge in [-0.1, -0.05) is 13.8 Å². The second-order valence-corrected chi connectivity index (χ2v) is 11.5. The molecule has 0 spiro atoms. The van der Waals surface area contributed by atoms with E-state index in [1.165, 1.54) is 7.05 Å². The Morgan fingerprint density at radius 2 is 1.73 bits per heavy atom. The van der Waals surface area contributed by atoms with Crippen molar-refractivity contribution in [2.75, 3.05) is 26.4 Å². The number of carbonyl (C=O) groups excluding carboxylic acids is 2. The summed E-state index contributed by atoms with van der Waals surface area (Å²) in [6.45, 7) is 14.1. The zero-order chi connectivity index (χ0) is 23.6. The Morgan fingerprint density at radius 3 is 2.17 bits per heavy atom. The number of rotatable bonds is 9. The van der Waals surface area contributed by atoms with E-state index in [-0.39, 0.29) is 18.5 Å². The highest BCUT2D eigenvalue weighted by Gasteiger charge is 2.45. The monoisotopic (exact) mass is 448 g/mol. The molecule has 1 aliphatic rings. The van der Waals surface area contributed by atoms with Crippen molar-refractivity contribution in [1.29, 1.82) is 0 Å². The minimum Gasteiger partial charge on any atom is -0.390 e. The summed E-state index contributed by atoms with van der Waals surface area (Å²) in [6.07, 6.45) is -0.0353. The molecule has 0 aromatic rings. The van der Waals surface area contributed by atoms with Crippen LogP contribution in [0.5, 0.6) is 0 Å². The van der Waals surface area contributed by atoms with Gasteiger partial charge in [-0.15, -0.1) is 0 Å². The summed E-state index contributed by atoms with van der Waals surface area (Å²) in [4.78, 5) is 27.6. The summed E-state index contributed by atoms with van der Waals surface area (Å²) >= 11 is 0. The fourth-order valence-corrected chi connectivity index (χ4v) is 4.13. The number of hydrogen-bond acceptors (Lipinski definition) is 6. The summed E-state index contributed by atoms with van der Waals surface area (Å²) < 4.78 is 24.0. The summed E-state index contributed by atoms with van der Waals surface area (Å²) in [6, 6.07) is -1.23. The molecule has 0 aliphatic carbocycles. The average Bonchev–Trinajstić information content (AvgIpc) is 2.88. The molecule has 1 heterocycles. The molecule has 0 aromatic heterocycles. The number of hydrogen-bond donors (Lipinski definition) is 3. The third kappa shape index (κ3) is 6.38. The molecule has 1 fully saturated rings. The Morgan fingerprint density at radius 1 is 1.20 bits per heavy atom. The summed E-state index contributed by atoms with van der Waals surface area (Å²) in [5.41, 5.74) is -0.768. The SMILES string of the molecule is CC(NC(=O)C(C)(C)N1CC(C)C(C)C1C)C(=O)N[C@@H](C)[C@H](O)CN(C)S(C)(=O)=O. The van der Waals surface area contributed by atoms with Crippen LogP contribution in [-0.4, -0.2) is 90.7 Å². The fourth-order valence-electron chi connectivity index (χ4n) is 3.71. The van der Waals surface area contributed by atoms with E-state index < -0.39 is 39.7 Å². The lowest BCUT2D eigenvalue weighted by Gasteiger charge is -2.38. The van der Waals surface area contributed by atoms with Crippen molar-refractivity contribution >= 4 is 21.8 Å². The van der Waals surface area contributed by atoms with Gasteiger partial charge in [-0.3, -0.25) is 14.5 Å². The Hall–Kier alpha value is -1.23. The second kappa shape index (κ2) is 9.93. The lowest BCUT2D eigenvalue weighted by molar-refractivity contribution is -0.136. The minimum absolute atomic E-state index is 0.142. The number of likely N-dealkylation sites (N-methyl/N-ethyl adjacent to an activating group) is 1. The van der Waals surface area contributed by atoms with Gasteiger partial charge in [0.25, 0.3) is 0 Å². The predicted molar refractivity (Wildman–Crippen MR) is 117 cm³/mol. The molecule has 4 unspecified atom stereocenters. The van der Waals surface area contributed by atoms with Crippen LogP contribution in [0, 0.1) is 11.8 Å². The number of aliphatic hydroxyl groups is 1. The molecule has 0 bridgehead atoms. The molecule has 0 radical (unpaired) electrons. The molecule has 2 amide bonds. The third-order valence-electron chi connectivity index (χ3n) is 6.61. The van der Waals surface area contributed by atoms with Gasteiger partial charge in [0.2, 0.25) is 21.8 Å². The van der Waals surface area contributed by atoms with Crippen LogP contribution in [0.1, 0.15) is 48.5 Å². The van der Waals surface area contributed by atoms with E-state index >= 15 is 0 Å². The van der Waals surface area contributed by atoms with Crippen molar-refractivity contribution in [2.45, 2.75) is 78.2 Å². The van der Waals surface area contributed by atoms with E-state index in [0.29, 0.717) is 11.8 Å². The molecule has 10 heteroatoms. The van der Waals surface area contributed by atoms with E-state index in [2.05, 4.69) is 36.3 Å². The molecular formula is C20H40N4O5S. The maximum Gasteiger partial charge on any atom is 0.242 e. The molecule has 1 aliphatic heterocycles. The lowest BCUT2D eigenvalue weighted by Crippen LogP contribution is -2.60. The molecule has 6 atom stereocenters. The van der Waals surface area contributed by atoms with E-state index in [1.54, 1.807) is 13.8 Å². The van der Waals surface area contributed by atoms with Gasteiger partial charge in [0, 0.05) is 26.2 Å². The molecule has 1 rings (SSSR count). The van der Waals surface area contributed by atoms with E-state index in [4.69, 9.17) is 0 Å². The first-order valence-electron chi connectivity index (χ1n) is 10.5. The largest absolute Gasteiger partial charge is 0.390 e. The van der Waals surface area contributed by atoms with Crippen LogP contribution in [0.15, 0.2) is 0 Å². The van der Waals surface area contributed by atoms with Crippen molar-refractivity contribution in [1.82, 2.24) is 19.8 Å². The Labute approximate surface area is 181 Å². The zero-order valence-electron chi connectivity index (χ0n) is 19.8. The number of aliphatic hydroxyl groups excluding tert-OH is 1. The van der Waals surface area contributed by atoms with E-state index in [9.17, 15) is 23.1 Å². The number of nitrogens with one attached hydrogen (secondary N) is 2. The van der Waals surface area contributed by atoms with Crippen LogP contribution in [0.3, 0.4) is 0 Å².